The minimum Gasteiger partial charge on any atom is -0.378 e. The molecule has 3 rings (SSSR count). The number of rotatable bonds is 3. The van der Waals surface area contributed by atoms with Crippen LogP contribution in [0.15, 0.2) is 47.2 Å². The Morgan fingerprint density at radius 3 is 2.42 bits per heavy atom. The highest BCUT2D eigenvalue weighted by Gasteiger charge is 2.07. The second-order valence-electron chi connectivity index (χ2n) is 4.46. The zero-order valence-corrected chi connectivity index (χ0v) is 12.5. The molecule has 2 heterocycles. The Balaban J connectivity index is 1.90. The van der Waals surface area contributed by atoms with E-state index in [2.05, 4.69) is 52.1 Å². The summed E-state index contributed by atoms with van der Waals surface area (Å²) in [6.45, 7) is 0. The molecule has 3 aromatic rings. The molecule has 1 aromatic carbocycles. The van der Waals surface area contributed by atoms with Gasteiger partial charge in [-0.05, 0) is 35.7 Å². The van der Waals surface area contributed by atoms with Gasteiger partial charge in [-0.2, -0.15) is 0 Å². The maximum absolute atomic E-state index is 4.71. The van der Waals surface area contributed by atoms with E-state index in [0.717, 1.165) is 10.7 Å². The van der Waals surface area contributed by atoms with Crippen molar-refractivity contribution in [3.8, 4) is 21.1 Å². The number of benzene rings is 1. The Kier molecular flexibility index (Phi) is 3.36. The Hall–Kier alpha value is -1.65. The van der Waals surface area contributed by atoms with E-state index in [1.165, 1.54) is 16.1 Å². The molecule has 0 fully saturated rings. The van der Waals surface area contributed by atoms with Gasteiger partial charge in [-0.15, -0.1) is 22.7 Å². The minimum atomic E-state index is 1.08. The minimum absolute atomic E-state index is 1.08. The highest BCUT2D eigenvalue weighted by Crippen LogP contribution is 2.31. The van der Waals surface area contributed by atoms with Crippen molar-refractivity contribution in [1.29, 1.82) is 0 Å². The fourth-order valence-electron chi connectivity index (χ4n) is 1.85. The van der Waals surface area contributed by atoms with E-state index in [-0.39, 0.29) is 0 Å². The van der Waals surface area contributed by atoms with Crippen LogP contribution in [0.1, 0.15) is 0 Å². The summed E-state index contributed by atoms with van der Waals surface area (Å²) in [5.41, 5.74) is 3.46. The maximum atomic E-state index is 4.71. The summed E-state index contributed by atoms with van der Waals surface area (Å²) in [7, 11) is 4.10. The van der Waals surface area contributed by atoms with Crippen LogP contribution < -0.4 is 4.90 Å². The number of hydrogen-bond acceptors (Lipinski definition) is 4. The highest BCUT2D eigenvalue weighted by atomic mass is 32.1. The van der Waals surface area contributed by atoms with Gasteiger partial charge in [0.1, 0.15) is 5.01 Å². The molecular weight excluding hydrogens is 272 g/mol. The lowest BCUT2D eigenvalue weighted by molar-refractivity contribution is 1.13. The molecular formula is C15H14N2S2. The molecule has 0 aliphatic carbocycles. The predicted molar refractivity (Wildman–Crippen MR) is 85.2 cm³/mol. The van der Waals surface area contributed by atoms with E-state index < -0.39 is 0 Å². The number of anilines is 1. The Morgan fingerprint density at radius 2 is 1.79 bits per heavy atom. The third-order valence-corrected chi connectivity index (χ3v) is 4.69. The lowest BCUT2D eigenvalue weighted by Crippen LogP contribution is -2.07. The maximum Gasteiger partial charge on any atom is 0.124 e. The molecule has 0 unspecified atom stereocenters. The molecule has 4 heteroatoms. The summed E-state index contributed by atoms with van der Waals surface area (Å²) < 4.78 is 0. The van der Waals surface area contributed by atoms with E-state index in [0.29, 0.717) is 0 Å². The monoisotopic (exact) mass is 286 g/mol. The van der Waals surface area contributed by atoms with Gasteiger partial charge in [0, 0.05) is 30.7 Å². The fourth-order valence-corrected chi connectivity index (χ4v) is 3.43. The number of nitrogens with zero attached hydrogens (tertiary/aromatic N) is 2. The van der Waals surface area contributed by atoms with Crippen molar-refractivity contribution in [2.24, 2.45) is 0 Å². The first-order chi connectivity index (χ1) is 9.24. The molecule has 0 aliphatic rings. The van der Waals surface area contributed by atoms with Crippen LogP contribution in [0.4, 0.5) is 5.69 Å². The van der Waals surface area contributed by atoms with Crippen LogP contribution in [0.3, 0.4) is 0 Å². The SMILES string of the molecule is CN(C)c1ccc(-c2nc(-c3cccs3)cs2)cc1. The van der Waals surface area contributed by atoms with Crippen molar-refractivity contribution in [3.63, 3.8) is 0 Å². The van der Waals surface area contributed by atoms with Crippen LogP contribution in [0.2, 0.25) is 0 Å². The van der Waals surface area contributed by atoms with Crippen LogP contribution in [0.25, 0.3) is 21.1 Å². The van der Waals surface area contributed by atoms with Gasteiger partial charge in [0.25, 0.3) is 0 Å². The first kappa shape index (κ1) is 12.4. The number of aromatic nitrogens is 1. The van der Waals surface area contributed by atoms with Gasteiger partial charge in [-0.25, -0.2) is 4.98 Å². The molecule has 0 bridgehead atoms. The fraction of sp³-hybridized carbons (Fsp3) is 0.133. The lowest BCUT2D eigenvalue weighted by Gasteiger charge is -2.11. The van der Waals surface area contributed by atoms with Gasteiger partial charge in [-0.1, -0.05) is 6.07 Å². The third kappa shape index (κ3) is 2.55. The van der Waals surface area contributed by atoms with Crippen LogP contribution in [0, 0.1) is 0 Å². The van der Waals surface area contributed by atoms with Crippen molar-refractivity contribution in [2.75, 3.05) is 19.0 Å². The summed E-state index contributed by atoms with van der Waals surface area (Å²) in [4.78, 5) is 8.04. The molecule has 0 amide bonds. The summed E-state index contributed by atoms with van der Waals surface area (Å²) in [6, 6.07) is 12.7. The van der Waals surface area contributed by atoms with Gasteiger partial charge in [0.15, 0.2) is 0 Å². The van der Waals surface area contributed by atoms with E-state index in [9.17, 15) is 0 Å². The van der Waals surface area contributed by atoms with E-state index in [1.54, 1.807) is 22.7 Å². The largest absolute Gasteiger partial charge is 0.378 e. The average molecular weight is 286 g/mol. The van der Waals surface area contributed by atoms with E-state index in [1.807, 2.05) is 14.1 Å². The van der Waals surface area contributed by atoms with Crippen LogP contribution in [-0.4, -0.2) is 19.1 Å². The third-order valence-electron chi connectivity index (χ3n) is 2.91. The summed E-state index contributed by atoms with van der Waals surface area (Å²) in [5, 5.41) is 5.29. The van der Waals surface area contributed by atoms with Crippen LogP contribution in [0.5, 0.6) is 0 Å². The summed E-state index contributed by atoms with van der Waals surface area (Å²) in [6.07, 6.45) is 0. The molecule has 2 aromatic heterocycles. The summed E-state index contributed by atoms with van der Waals surface area (Å²) in [5.74, 6) is 0. The van der Waals surface area contributed by atoms with Gasteiger partial charge in [0.2, 0.25) is 0 Å². The molecule has 0 radical (unpaired) electrons. The topological polar surface area (TPSA) is 16.1 Å². The first-order valence-corrected chi connectivity index (χ1v) is 7.77. The standard InChI is InChI=1S/C15H14N2S2/c1-17(2)12-7-5-11(6-8-12)15-16-13(10-19-15)14-4-3-9-18-14/h3-10H,1-2H3. The zero-order chi connectivity index (χ0) is 13.2. The molecule has 0 N–H and O–H groups in total. The van der Waals surface area contributed by atoms with E-state index in [4.69, 9.17) is 4.98 Å². The number of thiazole rings is 1. The molecule has 0 aliphatic heterocycles. The second kappa shape index (κ2) is 5.15. The highest BCUT2D eigenvalue weighted by molar-refractivity contribution is 7.15. The van der Waals surface area contributed by atoms with Gasteiger partial charge in [-0.3, -0.25) is 0 Å². The van der Waals surface area contributed by atoms with Crippen molar-refractivity contribution in [1.82, 2.24) is 4.98 Å². The molecule has 96 valence electrons. The average Bonchev–Trinajstić information content (AvgIpc) is 3.10. The molecule has 0 saturated heterocycles. The summed E-state index contributed by atoms with van der Waals surface area (Å²) >= 11 is 3.43. The first-order valence-electron chi connectivity index (χ1n) is 6.01. The lowest BCUT2D eigenvalue weighted by atomic mass is 10.2. The quantitative estimate of drug-likeness (QED) is 0.699. The Labute approximate surface area is 121 Å². The normalized spacial score (nSPS) is 10.6. The van der Waals surface area contributed by atoms with E-state index >= 15 is 0 Å². The predicted octanol–water partition coefficient (Wildman–Crippen LogP) is 4.60. The molecule has 2 nitrogen and oxygen atoms in total. The van der Waals surface area contributed by atoms with Gasteiger partial charge < -0.3 is 4.90 Å². The smallest absolute Gasteiger partial charge is 0.124 e. The molecule has 0 spiro atoms. The Morgan fingerprint density at radius 1 is 1.00 bits per heavy atom. The number of thiophene rings is 1. The molecule has 0 atom stereocenters. The molecule has 19 heavy (non-hydrogen) atoms. The van der Waals surface area contributed by atoms with Crippen molar-refractivity contribution < 1.29 is 0 Å². The van der Waals surface area contributed by atoms with Crippen molar-refractivity contribution in [2.45, 2.75) is 0 Å². The van der Waals surface area contributed by atoms with Crippen LogP contribution in [-0.2, 0) is 0 Å². The second-order valence-corrected chi connectivity index (χ2v) is 6.26. The Bertz CT molecular complexity index is 652. The van der Waals surface area contributed by atoms with Crippen LogP contribution >= 0.6 is 22.7 Å². The van der Waals surface area contributed by atoms with Crippen molar-refractivity contribution in [3.05, 3.63) is 47.2 Å². The number of hydrogen-bond donors (Lipinski definition) is 0. The van der Waals surface area contributed by atoms with Crippen molar-refractivity contribution >= 4 is 28.4 Å². The van der Waals surface area contributed by atoms with Gasteiger partial charge >= 0.3 is 0 Å². The zero-order valence-electron chi connectivity index (χ0n) is 10.8. The van der Waals surface area contributed by atoms with Gasteiger partial charge in [0.05, 0.1) is 10.6 Å². The molecule has 0 saturated carbocycles.